The fourth-order valence-electron chi connectivity index (χ4n) is 2.37. The van der Waals surface area contributed by atoms with Gasteiger partial charge in [0.1, 0.15) is 11.7 Å². The van der Waals surface area contributed by atoms with E-state index < -0.39 is 19.5 Å². The zero-order chi connectivity index (χ0) is 16.5. The molecule has 0 amide bonds. The molecular formula is C14H27O6P. The van der Waals surface area contributed by atoms with Gasteiger partial charge in [-0.3, -0.25) is 14.2 Å². The first-order valence-corrected chi connectivity index (χ1v) is 9.01. The summed E-state index contributed by atoms with van der Waals surface area (Å²) in [5.41, 5.74) is 0. The number of esters is 1. The molecule has 3 unspecified atom stereocenters. The van der Waals surface area contributed by atoms with E-state index in [4.69, 9.17) is 4.74 Å². The van der Waals surface area contributed by atoms with Crippen LogP contribution in [-0.4, -0.2) is 37.0 Å². The van der Waals surface area contributed by atoms with Gasteiger partial charge in [0, 0.05) is 7.11 Å². The summed E-state index contributed by atoms with van der Waals surface area (Å²) in [6, 6.07) is 0. The van der Waals surface area contributed by atoms with Gasteiger partial charge in [-0.1, -0.05) is 26.2 Å². The van der Waals surface area contributed by atoms with Crippen molar-refractivity contribution in [3.8, 4) is 0 Å². The third kappa shape index (κ3) is 7.74. The maximum atomic E-state index is 11.8. The maximum Gasteiger partial charge on any atom is 0.327 e. The van der Waals surface area contributed by atoms with E-state index in [2.05, 4.69) is 11.4 Å². The van der Waals surface area contributed by atoms with Gasteiger partial charge in [0.05, 0.1) is 13.3 Å². The number of ketones is 1. The van der Waals surface area contributed by atoms with Crippen molar-refractivity contribution < 1.29 is 28.3 Å². The first kappa shape index (κ1) is 20.3. The summed E-state index contributed by atoms with van der Waals surface area (Å²) >= 11 is 0. The molecule has 0 aromatic heterocycles. The molecule has 0 spiro atoms. The Kier molecular flexibility index (Phi) is 9.75. The molecule has 0 fully saturated rings. The minimum atomic E-state index is -3.64. The quantitative estimate of drug-likeness (QED) is 0.272. The fourth-order valence-corrected chi connectivity index (χ4v) is 3.21. The molecule has 124 valence electrons. The molecule has 7 heteroatoms. The van der Waals surface area contributed by atoms with E-state index in [-0.39, 0.29) is 24.3 Å². The molecule has 21 heavy (non-hydrogen) atoms. The van der Waals surface area contributed by atoms with Gasteiger partial charge < -0.3 is 14.2 Å². The summed E-state index contributed by atoms with van der Waals surface area (Å²) < 4.78 is 20.8. The van der Waals surface area contributed by atoms with Crippen LogP contribution in [0.3, 0.4) is 0 Å². The average Bonchev–Trinajstić information content (AvgIpc) is 2.44. The number of methoxy groups -OCH3 is 1. The summed E-state index contributed by atoms with van der Waals surface area (Å²) in [6.07, 6.45) is 3.74. The minimum Gasteiger partial charge on any atom is -0.468 e. The Morgan fingerprint density at radius 3 is 2.24 bits per heavy atom. The Morgan fingerprint density at radius 2 is 1.81 bits per heavy atom. The summed E-state index contributed by atoms with van der Waals surface area (Å²) in [4.78, 5) is 33.1. The second-order valence-corrected chi connectivity index (χ2v) is 7.29. The highest BCUT2D eigenvalue weighted by molar-refractivity contribution is 7.52. The lowest BCUT2D eigenvalue weighted by molar-refractivity contribution is -0.151. The Morgan fingerprint density at radius 1 is 1.19 bits per heavy atom. The first-order chi connectivity index (χ1) is 9.79. The molecule has 0 radical (unpaired) electrons. The van der Waals surface area contributed by atoms with E-state index in [0.717, 1.165) is 19.3 Å². The highest BCUT2D eigenvalue weighted by Crippen LogP contribution is 2.43. The number of rotatable bonds is 11. The van der Waals surface area contributed by atoms with Gasteiger partial charge in [0.15, 0.2) is 0 Å². The van der Waals surface area contributed by atoms with E-state index in [1.807, 2.05) is 0 Å². The fraction of sp³-hybridized carbons (Fsp3) is 0.857. The first-order valence-electron chi connectivity index (χ1n) is 7.24. The Labute approximate surface area is 126 Å². The van der Waals surface area contributed by atoms with Crippen molar-refractivity contribution in [1.29, 1.82) is 0 Å². The van der Waals surface area contributed by atoms with Crippen molar-refractivity contribution in [1.82, 2.24) is 0 Å². The smallest absolute Gasteiger partial charge is 0.327 e. The Bertz CT molecular complexity index is 382. The lowest BCUT2D eigenvalue weighted by Gasteiger charge is -2.24. The number of ether oxygens (including phenoxy) is 1. The lowest BCUT2D eigenvalue weighted by Crippen LogP contribution is -2.31. The van der Waals surface area contributed by atoms with Crippen molar-refractivity contribution >= 4 is 19.3 Å². The summed E-state index contributed by atoms with van der Waals surface area (Å²) in [6.45, 7) is 3.41. The van der Waals surface area contributed by atoms with E-state index in [1.54, 1.807) is 0 Å². The minimum absolute atomic E-state index is 0.0684. The van der Waals surface area contributed by atoms with Crippen LogP contribution < -0.4 is 0 Å². The highest BCUT2D eigenvalue weighted by atomic mass is 31.2. The molecule has 0 heterocycles. The van der Waals surface area contributed by atoms with Crippen molar-refractivity contribution in [3.63, 3.8) is 0 Å². The predicted octanol–water partition coefficient (Wildman–Crippen LogP) is 2.78. The standard InChI is InChI=1S/C14H27O6P/c1-5-6-7-8-12(9-10-21(17,18)20-4)13(11(2)15)14(16)19-3/h12-13H,5-10H2,1-4H3,(H,17,18). The highest BCUT2D eigenvalue weighted by Gasteiger charge is 2.34. The van der Waals surface area contributed by atoms with E-state index >= 15 is 0 Å². The summed E-state index contributed by atoms with van der Waals surface area (Å²) in [7, 11) is -1.22. The number of carbonyl (C=O) groups excluding carboxylic acids is 2. The second kappa shape index (κ2) is 10.1. The Hall–Kier alpha value is -0.710. The number of Topliss-reactive ketones (excluding diaryl/α,β-unsaturated/α-hetero) is 1. The van der Waals surface area contributed by atoms with Crippen LogP contribution in [0.15, 0.2) is 0 Å². The molecule has 0 aliphatic carbocycles. The maximum absolute atomic E-state index is 11.8. The van der Waals surface area contributed by atoms with Gasteiger partial charge >= 0.3 is 13.6 Å². The zero-order valence-electron chi connectivity index (χ0n) is 13.3. The molecule has 0 bridgehead atoms. The van der Waals surface area contributed by atoms with Crippen LogP contribution in [0.1, 0.15) is 46.0 Å². The van der Waals surface area contributed by atoms with Crippen molar-refractivity contribution in [2.75, 3.05) is 20.4 Å². The van der Waals surface area contributed by atoms with Gasteiger partial charge in [-0.05, 0) is 25.7 Å². The Balaban J connectivity index is 4.95. The molecule has 0 aromatic rings. The molecular weight excluding hydrogens is 295 g/mol. The number of hydrogen-bond acceptors (Lipinski definition) is 5. The van der Waals surface area contributed by atoms with Crippen LogP contribution >= 0.6 is 7.60 Å². The van der Waals surface area contributed by atoms with E-state index in [1.165, 1.54) is 21.1 Å². The zero-order valence-corrected chi connectivity index (χ0v) is 14.2. The summed E-state index contributed by atoms with van der Waals surface area (Å²) in [5, 5.41) is 0. The number of carbonyl (C=O) groups is 2. The molecule has 0 rings (SSSR count). The molecule has 3 atom stereocenters. The van der Waals surface area contributed by atoms with Crippen molar-refractivity contribution in [2.45, 2.75) is 46.0 Å². The van der Waals surface area contributed by atoms with Gasteiger partial charge in [-0.2, -0.15) is 0 Å². The predicted molar refractivity (Wildman–Crippen MR) is 80.1 cm³/mol. The van der Waals surface area contributed by atoms with Crippen molar-refractivity contribution in [2.24, 2.45) is 11.8 Å². The molecule has 1 N–H and O–H groups in total. The molecule has 0 aromatic carbocycles. The van der Waals surface area contributed by atoms with Crippen LogP contribution in [0.5, 0.6) is 0 Å². The topological polar surface area (TPSA) is 89.9 Å². The van der Waals surface area contributed by atoms with Crippen molar-refractivity contribution in [3.05, 3.63) is 0 Å². The average molecular weight is 322 g/mol. The van der Waals surface area contributed by atoms with Crippen LogP contribution in [0.2, 0.25) is 0 Å². The van der Waals surface area contributed by atoms with Crippen LogP contribution in [0.25, 0.3) is 0 Å². The number of unbranched alkanes of at least 4 members (excludes halogenated alkanes) is 2. The SMILES string of the molecule is CCCCCC(CCP(=O)(O)OC)C(C(C)=O)C(=O)OC. The molecule has 0 saturated carbocycles. The van der Waals surface area contributed by atoms with Gasteiger partial charge in [0.25, 0.3) is 0 Å². The van der Waals surface area contributed by atoms with Crippen LogP contribution in [-0.2, 0) is 23.4 Å². The van der Waals surface area contributed by atoms with Gasteiger partial charge in [-0.15, -0.1) is 0 Å². The van der Waals surface area contributed by atoms with Gasteiger partial charge in [0.2, 0.25) is 0 Å². The second-order valence-electron chi connectivity index (χ2n) is 5.20. The van der Waals surface area contributed by atoms with Crippen LogP contribution in [0, 0.1) is 11.8 Å². The third-order valence-electron chi connectivity index (χ3n) is 3.61. The third-order valence-corrected chi connectivity index (χ3v) is 5.00. The van der Waals surface area contributed by atoms with Crippen LogP contribution in [0.4, 0.5) is 0 Å². The monoisotopic (exact) mass is 322 g/mol. The van der Waals surface area contributed by atoms with Gasteiger partial charge in [-0.25, -0.2) is 0 Å². The molecule has 0 aliphatic rings. The largest absolute Gasteiger partial charge is 0.468 e. The van der Waals surface area contributed by atoms with E-state index in [0.29, 0.717) is 6.42 Å². The lowest BCUT2D eigenvalue weighted by atomic mass is 9.83. The summed E-state index contributed by atoms with van der Waals surface area (Å²) in [5.74, 6) is -2.01. The molecule has 0 saturated heterocycles. The van der Waals surface area contributed by atoms with E-state index in [9.17, 15) is 19.0 Å². The number of hydrogen-bond donors (Lipinski definition) is 1. The molecule has 0 aliphatic heterocycles. The molecule has 6 nitrogen and oxygen atoms in total. The normalized spacial score (nSPS) is 16.8.